The number of amides is 1. The van der Waals surface area contributed by atoms with Gasteiger partial charge in [-0.15, -0.1) is 13.2 Å². The van der Waals surface area contributed by atoms with Crippen LogP contribution in [0, 0.1) is 5.92 Å². The average molecular weight is 477 g/mol. The normalized spacial score (nSPS) is 17.9. The van der Waals surface area contributed by atoms with Gasteiger partial charge in [-0.2, -0.15) is 0 Å². The lowest BCUT2D eigenvalue weighted by molar-refractivity contribution is -0.274. The highest BCUT2D eigenvalue weighted by Crippen LogP contribution is 2.26. The first-order chi connectivity index (χ1) is 14.5. The Morgan fingerprint density at radius 2 is 1.90 bits per heavy atom. The standard InChI is InChI=1S/C20H20ClF3N2O4S/c21-16-5-1-3-14(11-16)13-31(28,29)26-10-2-4-15(12-26)19(27)25-17-6-8-18(9-7-17)30-20(22,23)24/h1,3,5-9,11,15H,2,4,10,12-13H2,(H,25,27)/t15-/m1/s1. The number of hydrogen-bond acceptors (Lipinski definition) is 4. The second kappa shape index (κ2) is 9.46. The fourth-order valence-electron chi connectivity index (χ4n) is 3.32. The number of hydrogen-bond donors (Lipinski definition) is 1. The van der Waals surface area contributed by atoms with E-state index in [-0.39, 0.29) is 12.3 Å². The van der Waals surface area contributed by atoms with Crippen molar-refractivity contribution in [2.45, 2.75) is 25.0 Å². The Hall–Kier alpha value is -2.30. The van der Waals surface area contributed by atoms with E-state index < -0.39 is 34.0 Å². The number of alkyl halides is 3. The number of carbonyl (C=O) groups excluding carboxylic acids is 1. The Morgan fingerprint density at radius 3 is 2.55 bits per heavy atom. The van der Waals surface area contributed by atoms with E-state index in [1.165, 1.54) is 16.4 Å². The van der Waals surface area contributed by atoms with E-state index in [2.05, 4.69) is 10.1 Å². The predicted molar refractivity (Wildman–Crippen MR) is 110 cm³/mol. The van der Waals surface area contributed by atoms with Gasteiger partial charge in [-0.25, -0.2) is 12.7 Å². The number of carbonyl (C=O) groups is 1. The van der Waals surface area contributed by atoms with Gasteiger partial charge in [-0.05, 0) is 54.8 Å². The third-order valence-electron chi connectivity index (χ3n) is 4.74. The monoisotopic (exact) mass is 476 g/mol. The van der Waals surface area contributed by atoms with Crippen molar-refractivity contribution in [1.29, 1.82) is 0 Å². The van der Waals surface area contributed by atoms with Crippen molar-refractivity contribution in [2.75, 3.05) is 18.4 Å². The summed E-state index contributed by atoms with van der Waals surface area (Å²) in [7, 11) is -3.64. The summed E-state index contributed by atoms with van der Waals surface area (Å²) in [5.74, 6) is -1.59. The Kier molecular flexibility index (Phi) is 7.13. The molecule has 1 fully saturated rings. The summed E-state index contributed by atoms with van der Waals surface area (Å²) >= 11 is 5.92. The first-order valence-corrected chi connectivity index (χ1v) is 11.4. The van der Waals surface area contributed by atoms with Gasteiger partial charge in [0.15, 0.2) is 0 Å². The van der Waals surface area contributed by atoms with E-state index in [9.17, 15) is 26.4 Å². The number of piperidine rings is 1. The fraction of sp³-hybridized carbons (Fsp3) is 0.350. The number of benzene rings is 2. The van der Waals surface area contributed by atoms with Gasteiger partial charge in [0.2, 0.25) is 15.9 Å². The van der Waals surface area contributed by atoms with Gasteiger partial charge in [0.05, 0.1) is 11.7 Å². The zero-order valence-electron chi connectivity index (χ0n) is 16.2. The molecule has 1 amide bonds. The summed E-state index contributed by atoms with van der Waals surface area (Å²) in [4.78, 5) is 12.6. The molecule has 1 heterocycles. The third-order valence-corrected chi connectivity index (χ3v) is 6.79. The Balaban J connectivity index is 1.61. The van der Waals surface area contributed by atoms with Gasteiger partial charge < -0.3 is 10.1 Å². The van der Waals surface area contributed by atoms with Crippen LogP contribution in [0.15, 0.2) is 48.5 Å². The molecule has 2 aromatic rings. The van der Waals surface area contributed by atoms with Crippen LogP contribution >= 0.6 is 11.6 Å². The van der Waals surface area contributed by atoms with E-state index in [0.717, 1.165) is 12.1 Å². The maximum Gasteiger partial charge on any atom is 0.573 e. The predicted octanol–water partition coefficient (Wildman–Crippen LogP) is 4.42. The lowest BCUT2D eigenvalue weighted by Gasteiger charge is -2.31. The summed E-state index contributed by atoms with van der Waals surface area (Å²) in [6.07, 6.45) is -3.78. The zero-order chi connectivity index (χ0) is 22.6. The van der Waals surface area contributed by atoms with Crippen LogP contribution in [0.1, 0.15) is 18.4 Å². The second-order valence-corrected chi connectivity index (χ2v) is 9.55. The van der Waals surface area contributed by atoms with Gasteiger partial charge in [0.25, 0.3) is 0 Å². The number of anilines is 1. The minimum Gasteiger partial charge on any atom is -0.406 e. The highest BCUT2D eigenvalue weighted by atomic mass is 35.5. The summed E-state index contributed by atoms with van der Waals surface area (Å²) in [6, 6.07) is 11.3. The minimum atomic E-state index is -4.80. The van der Waals surface area contributed by atoms with Crippen molar-refractivity contribution in [2.24, 2.45) is 5.92 Å². The Morgan fingerprint density at radius 1 is 1.19 bits per heavy atom. The van der Waals surface area contributed by atoms with Crippen LogP contribution in [0.3, 0.4) is 0 Å². The van der Waals surface area contributed by atoms with Gasteiger partial charge in [0, 0.05) is 23.8 Å². The molecule has 2 aromatic carbocycles. The molecule has 0 saturated carbocycles. The smallest absolute Gasteiger partial charge is 0.406 e. The summed E-state index contributed by atoms with van der Waals surface area (Å²) in [5, 5.41) is 3.06. The number of ether oxygens (including phenoxy) is 1. The molecule has 0 aliphatic carbocycles. The van der Waals surface area contributed by atoms with Crippen LogP contribution in [0.25, 0.3) is 0 Å². The van der Waals surface area contributed by atoms with E-state index >= 15 is 0 Å². The molecule has 0 aromatic heterocycles. The topological polar surface area (TPSA) is 75.7 Å². The number of rotatable bonds is 6. The van der Waals surface area contributed by atoms with E-state index in [1.54, 1.807) is 24.3 Å². The lowest BCUT2D eigenvalue weighted by atomic mass is 9.99. The summed E-state index contributed by atoms with van der Waals surface area (Å²) in [5.41, 5.74) is 0.846. The molecule has 0 spiro atoms. The minimum absolute atomic E-state index is 0.0317. The average Bonchev–Trinajstić information content (AvgIpc) is 2.68. The van der Waals surface area contributed by atoms with Crippen molar-refractivity contribution in [1.82, 2.24) is 4.31 Å². The number of sulfonamides is 1. The van der Waals surface area contributed by atoms with Crippen molar-refractivity contribution in [3.8, 4) is 5.75 Å². The van der Waals surface area contributed by atoms with Gasteiger partial charge in [-0.3, -0.25) is 4.79 Å². The summed E-state index contributed by atoms with van der Waals surface area (Å²) in [6.45, 7) is 0.347. The fourth-order valence-corrected chi connectivity index (χ4v) is 5.13. The number of halogens is 4. The molecule has 0 unspecified atom stereocenters. The molecule has 0 radical (unpaired) electrons. The second-order valence-electron chi connectivity index (χ2n) is 7.14. The summed E-state index contributed by atoms with van der Waals surface area (Å²) < 4.78 is 67.4. The first-order valence-electron chi connectivity index (χ1n) is 9.41. The van der Waals surface area contributed by atoms with Gasteiger partial charge in [-0.1, -0.05) is 23.7 Å². The van der Waals surface area contributed by atoms with Crippen molar-refractivity contribution < 1.29 is 31.1 Å². The molecular weight excluding hydrogens is 457 g/mol. The molecule has 3 rings (SSSR count). The Labute approximate surface area is 183 Å². The maximum atomic E-state index is 12.8. The zero-order valence-corrected chi connectivity index (χ0v) is 17.8. The Bertz CT molecular complexity index is 1030. The van der Waals surface area contributed by atoms with Gasteiger partial charge >= 0.3 is 6.36 Å². The van der Waals surface area contributed by atoms with Crippen molar-refractivity contribution in [3.05, 3.63) is 59.1 Å². The van der Waals surface area contributed by atoms with Crippen molar-refractivity contribution >= 4 is 33.2 Å². The largest absolute Gasteiger partial charge is 0.573 e. The molecular formula is C20H20ClF3N2O4S. The molecule has 0 bridgehead atoms. The molecule has 168 valence electrons. The van der Waals surface area contributed by atoms with E-state index in [4.69, 9.17) is 11.6 Å². The number of nitrogens with one attached hydrogen (secondary N) is 1. The molecule has 1 N–H and O–H groups in total. The van der Waals surface area contributed by atoms with Crippen LogP contribution in [0.5, 0.6) is 5.75 Å². The molecule has 1 saturated heterocycles. The highest BCUT2D eigenvalue weighted by Gasteiger charge is 2.33. The lowest BCUT2D eigenvalue weighted by Crippen LogP contribution is -2.44. The van der Waals surface area contributed by atoms with Gasteiger partial charge in [0.1, 0.15) is 5.75 Å². The van der Waals surface area contributed by atoms with Crippen LogP contribution in [-0.4, -0.2) is 38.1 Å². The number of nitrogens with zero attached hydrogens (tertiary/aromatic N) is 1. The van der Waals surface area contributed by atoms with E-state index in [0.29, 0.717) is 35.7 Å². The quantitative estimate of drug-likeness (QED) is 0.669. The first kappa shape index (κ1) is 23.4. The van der Waals surface area contributed by atoms with Crippen LogP contribution in [-0.2, 0) is 20.6 Å². The molecule has 11 heteroatoms. The van der Waals surface area contributed by atoms with Crippen molar-refractivity contribution in [3.63, 3.8) is 0 Å². The molecule has 6 nitrogen and oxygen atoms in total. The van der Waals surface area contributed by atoms with Crippen LogP contribution < -0.4 is 10.1 Å². The third kappa shape index (κ3) is 6.84. The van der Waals surface area contributed by atoms with Crippen LogP contribution in [0.2, 0.25) is 5.02 Å². The highest BCUT2D eigenvalue weighted by molar-refractivity contribution is 7.88. The molecule has 1 atom stereocenters. The molecule has 31 heavy (non-hydrogen) atoms. The van der Waals surface area contributed by atoms with E-state index in [1.807, 2.05) is 0 Å². The maximum absolute atomic E-state index is 12.8. The SMILES string of the molecule is O=C(Nc1ccc(OC(F)(F)F)cc1)[C@@H]1CCCN(S(=O)(=O)Cc2cccc(Cl)c2)C1. The van der Waals surface area contributed by atoms with Crippen LogP contribution in [0.4, 0.5) is 18.9 Å². The molecule has 1 aliphatic rings. The molecule has 1 aliphatic heterocycles.